The van der Waals surface area contributed by atoms with Crippen LogP contribution in [0.5, 0.6) is 5.75 Å². The zero-order chi connectivity index (χ0) is 32.8. The molecular formula is C36H51NO7. The Bertz CT molecular complexity index is 1300. The van der Waals surface area contributed by atoms with Gasteiger partial charge in [-0.15, -0.1) is 0 Å². The molecule has 1 aliphatic rings. The summed E-state index contributed by atoms with van der Waals surface area (Å²) >= 11 is 0. The molecule has 1 amide bonds. The molecule has 1 saturated heterocycles. The van der Waals surface area contributed by atoms with Gasteiger partial charge in [-0.1, -0.05) is 77.6 Å². The monoisotopic (exact) mass is 609 g/mol. The number of amides is 1. The molecule has 1 aliphatic heterocycles. The molecule has 4 atom stereocenters. The first-order valence-corrected chi connectivity index (χ1v) is 15.4. The molecule has 8 nitrogen and oxygen atoms in total. The lowest BCUT2D eigenvalue weighted by Crippen LogP contribution is -2.51. The maximum absolute atomic E-state index is 14.0. The minimum Gasteiger partial charge on any atom is -0.496 e. The predicted molar refractivity (Wildman–Crippen MR) is 172 cm³/mol. The highest BCUT2D eigenvalue weighted by Gasteiger charge is 2.61. The van der Waals surface area contributed by atoms with Crippen molar-refractivity contribution in [2.24, 2.45) is 5.92 Å². The second-order valence-electron chi connectivity index (χ2n) is 13.1. The molecule has 0 bridgehead atoms. The molecule has 8 heteroatoms. The van der Waals surface area contributed by atoms with E-state index in [9.17, 15) is 9.59 Å². The quantitative estimate of drug-likeness (QED) is 0.184. The van der Waals surface area contributed by atoms with Crippen LogP contribution >= 0.6 is 0 Å². The van der Waals surface area contributed by atoms with Crippen LogP contribution in [0.4, 0.5) is 4.79 Å². The van der Waals surface area contributed by atoms with E-state index in [1.165, 1.54) is 11.0 Å². The lowest BCUT2D eigenvalue weighted by Gasteiger charge is -2.37. The van der Waals surface area contributed by atoms with E-state index in [2.05, 4.69) is 53.3 Å². The van der Waals surface area contributed by atoms with Crippen molar-refractivity contribution in [1.29, 1.82) is 0 Å². The van der Waals surface area contributed by atoms with Crippen molar-refractivity contribution in [1.82, 2.24) is 4.90 Å². The second-order valence-corrected chi connectivity index (χ2v) is 13.1. The topological polar surface area (TPSA) is 83.5 Å². The lowest BCUT2D eigenvalue weighted by molar-refractivity contribution is -0.156. The molecule has 44 heavy (non-hydrogen) atoms. The molecular weight excluding hydrogens is 558 g/mol. The van der Waals surface area contributed by atoms with Crippen LogP contribution in [0.15, 0.2) is 55.1 Å². The Morgan fingerprint density at radius 1 is 1.02 bits per heavy atom. The maximum Gasteiger partial charge on any atom is 0.411 e. The van der Waals surface area contributed by atoms with Crippen molar-refractivity contribution in [3.63, 3.8) is 0 Å². The number of benzene rings is 2. The number of methoxy groups -OCH3 is 2. The van der Waals surface area contributed by atoms with E-state index in [0.29, 0.717) is 5.75 Å². The minimum atomic E-state index is -1.04. The van der Waals surface area contributed by atoms with Gasteiger partial charge in [0.05, 0.1) is 38.1 Å². The summed E-state index contributed by atoms with van der Waals surface area (Å²) in [4.78, 5) is 29.3. The van der Waals surface area contributed by atoms with Crippen molar-refractivity contribution in [2.45, 2.75) is 97.1 Å². The third-order valence-electron chi connectivity index (χ3n) is 8.51. The van der Waals surface area contributed by atoms with Gasteiger partial charge < -0.3 is 23.7 Å². The third kappa shape index (κ3) is 7.46. The van der Waals surface area contributed by atoms with Gasteiger partial charge in [-0.05, 0) is 60.9 Å². The Labute approximate surface area is 263 Å². The van der Waals surface area contributed by atoms with Crippen molar-refractivity contribution in [3.05, 3.63) is 77.4 Å². The SMILES string of the molecule is C=CCOC(=O)N1[C@H](C(=O)OCC)[C@@H](C(C)(C)OC)[C@H](OCc2cc(C(C)(C)C)ccc2OC)[C@@H]1c1ccccc1C(C)C. The van der Waals surface area contributed by atoms with Gasteiger partial charge in [0, 0.05) is 18.6 Å². The Hall–Kier alpha value is -3.36. The lowest BCUT2D eigenvalue weighted by atomic mass is 9.79. The number of likely N-dealkylation sites (tertiary alicyclic amines) is 1. The van der Waals surface area contributed by atoms with Crippen molar-refractivity contribution in [3.8, 4) is 5.75 Å². The van der Waals surface area contributed by atoms with Crippen LogP contribution in [0.1, 0.15) is 89.6 Å². The summed E-state index contributed by atoms with van der Waals surface area (Å²) in [5, 5.41) is 0. The number of ether oxygens (including phenoxy) is 5. The van der Waals surface area contributed by atoms with Crippen LogP contribution < -0.4 is 4.74 Å². The first-order valence-electron chi connectivity index (χ1n) is 15.4. The molecule has 0 spiro atoms. The highest BCUT2D eigenvalue weighted by molar-refractivity contribution is 5.84. The van der Waals surface area contributed by atoms with Crippen LogP contribution in [0, 0.1) is 5.92 Å². The maximum atomic E-state index is 14.0. The number of hydrogen-bond acceptors (Lipinski definition) is 7. The second kappa shape index (κ2) is 14.6. The number of carbonyl (C=O) groups is 2. The summed E-state index contributed by atoms with van der Waals surface area (Å²) in [6, 6.07) is 12.4. The summed E-state index contributed by atoms with van der Waals surface area (Å²) in [5.74, 6) is -0.327. The van der Waals surface area contributed by atoms with Crippen LogP contribution in [-0.2, 0) is 35.8 Å². The van der Waals surface area contributed by atoms with Crippen LogP contribution in [-0.4, -0.2) is 62.1 Å². The van der Waals surface area contributed by atoms with Crippen LogP contribution in [0.25, 0.3) is 0 Å². The van der Waals surface area contributed by atoms with Gasteiger partial charge in [0.25, 0.3) is 0 Å². The van der Waals surface area contributed by atoms with E-state index in [0.717, 1.165) is 22.3 Å². The van der Waals surface area contributed by atoms with E-state index in [4.69, 9.17) is 23.7 Å². The van der Waals surface area contributed by atoms with Crippen molar-refractivity contribution in [2.75, 3.05) is 27.4 Å². The molecule has 0 aliphatic carbocycles. The van der Waals surface area contributed by atoms with Crippen molar-refractivity contribution >= 4 is 12.1 Å². The molecule has 1 heterocycles. The van der Waals surface area contributed by atoms with Gasteiger partial charge >= 0.3 is 12.1 Å². The molecule has 0 saturated carbocycles. The molecule has 0 N–H and O–H groups in total. The Morgan fingerprint density at radius 3 is 2.27 bits per heavy atom. The van der Waals surface area contributed by atoms with E-state index in [1.54, 1.807) is 21.1 Å². The average Bonchev–Trinajstić information content (AvgIpc) is 3.34. The standard InChI is InChI=1S/C36H51NO7/c1-12-20-43-34(39)37-30(27-17-15-14-16-26(27)23(3)4)32(29(36(8,9)41-11)31(37)33(38)42-13-2)44-22-24-21-25(35(5,6)7)18-19-28(24)40-10/h12,14-19,21,23,29-32H,1,13,20,22H2,2-11H3/t29-,30+,31+,32+/m1/s1. The summed E-state index contributed by atoms with van der Waals surface area (Å²) in [6.45, 7) is 20.3. The molecule has 0 unspecified atom stereocenters. The Balaban J connectivity index is 2.29. The summed E-state index contributed by atoms with van der Waals surface area (Å²) in [5.41, 5.74) is 2.93. The third-order valence-corrected chi connectivity index (χ3v) is 8.51. The van der Waals surface area contributed by atoms with Gasteiger partial charge in [0.15, 0.2) is 0 Å². The molecule has 0 radical (unpaired) electrons. The Kier molecular flexibility index (Phi) is 11.7. The average molecular weight is 610 g/mol. The van der Waals surface area contributed by atoms with Gasteiger partial charge in [-0.25, -0.2) is 9.59 Å². The zero-order valence-corrected chi connectivity index (χ0v) is 28.1. The first-order chi connectivity index (χ1) is 20.7. The normalized spacial score (nSPS) is 20.5. The molecule has 3 rings (SSSR count). The summed E-state index contributed by atoms with van der Waals surface area (Å²) < 4.78 is 29.9. The fourth-order valence-corrected chi connectivity index (χ4v) is 6.08. The number of hydrogen-bond donors (Lipinski definition) is 0. The Morgan fingerprint density at radius 2 is 1.70 bits per heavy atom. The summed E-state index contributed by atoms with van der Waals surface area (Å²) in [7, 11) is 3.24. The van der Waals surface area contributed by atoms with Gasteiger partial charge in [-0.2, -0.15) is 0 Å². The highest BCUT2D eigenvalue weighted by Crippen LogP contribution is 2.50. The van der Waals surface area contributed by atoms with Gasteiger partial charge in [-0.3, -0.25) is 4.90 Å². The van der Waals surface area contributed by atoms with Gasteiger partial charge in [0.2, 0.25) is 0 Å². The zero-order valence-electron chi connectivity index (χ0n) is 28.1. The first kappa shape index (κ1) is 35.1. The number of nitrogens with zero attached hydrogens (tertiary/aromatic N) is 1. The van der Waals surface area contributed by atoms with E-state index < -0.39 is 41.8 Å². The molecule has 2 aromatic carbocycles. The minimum absolute atomic E-state index is 0.00984. The van der Waals surface area contributed by atoms with E-state index in [1.807, 2.05) is 44.2 Å². The largest absolute Gasteiger partial charge is 0.496 e. The number of carbonyl (C=O) groups excluding carboxylic acids is 2. The number of esters is 1. The van der Waals surface area contributed by atoms with E-state index in [-0.39, 0.29) is 31.2 Å². The van der Waals surface area contributed by atoms with Crippen molar-refractivity contribution < 1.29 is 33.3 Å². The molecule has 0 aromatic heterocycles. The summed E-state index contributed by atoms with van der Waals surface area (Å²) in [6.07, 6.45) is 0.170. The predicted octanol–water partition coefficient (Wildman–Crippen LogP) is 7.35. The van der Waals surface area contributed by atoms with Crippen LogP contribution in [0.2, 0.25) is 0 Å². The van der Waals surface area contributed by atoms with Gasteiger partial charge in [0.1, 0.15) is 18.4 Å². The molecule has 2 aromatic rings. The fourth-order valence-electron chi connectivity index (χ4n) is 6.08. The smallest absolute Gasteiger partial charge is 0.411 e. The molecule has 242 valence electrons. The van der Waals surface area contributed by atoms with E-state index >= 15 is 0 Å². The number of rotatable bonds is 12. The molecule has 1 fully saturated rings. The fraction of sp³-hybridized carbons (Fsp3) is 0.556. The highest BCUT2D eigenvalue weighted by atomic mass is 16.6. The van der Waals surface area contributed by atoms with Crippen LogP contribution in [0.3, 0.4) is 0 Å².